The Hall–Kier alpha value is -1.13. The Morgan fingerprint density at radius 1 is 0.575 bits per heavy atom. The largest absolute Gasteiger partial charge is 0.394 e. The van der Waals surface area contributed by atoms with Crippen LogP contribution in [-0.2, 0) is 4.79 Å². The molecule has 2 atom stereocenters. The molecule has 0 aliphatic rings. The number of carbonyl (C=O) groups is 1. The van der Waals surface area contributed by atoms with Crippen LogP contribution in [0.2, 0.25) is 0 Å². The van der Waals surface area contributed by atoms with Gasteiger partial charge >= 0.3 is 0 Å². The van der Waals surface area contributed by atoms with E-state index in [2.05, 4.69) is 31.3 Å². The molecule has 1 amide bonds. The predicted molar refractivity (Wildman–Crippen MR) is 175 cm³/mol. The van der Waals surface area contributed by atoms with Gasteiger partial charge < -0.3 is 15.5 Å². The highest BCUT2D eigenvalue weighted by atomic mass is 16.3. The van der Waals surface area contributed by atoms with E-state index in [1.165, 1.54) is 128 Å². The van der Waals surface area contributed by atoms with Gasteiger partial charge in [0.15, 0.2) is 0 Å². The highest BCUT2D eigenvalue weighted by Gasteiger charge is 2.17. The smallest absolute Gasteiger partial charge is 0.220 e. The van der Waals surface area contributed by atoms with Crippen molar-refractivity contribution in [1.29, 1.82) is 0 Å². The zero-order valence-electron chi connectivity index (χ0n) is 26.9. The molecule has 0 aliphatic carbocycles. The Morgan fingerprint density at radius 3 is 1.38 bits per heavy atom. The number of aliphatic hydroxyl groups is 2. The summed E-state index contributed by atoms with van der Waals surface area (Å²) >= 11 is 0. The summed E-state index contributed by atoms with van der Waals surface area (Å²) < 4.78 is 0. The van der Waals surface area contributed by atoms with Gasteiger partial charge in [0.05, 0.1) is 18.8 Å². The van der Waals surface area contributed by atoms with E-state index in [9.17, 15) is 15.0 Å². The highest BCUT2D eigenvalue weighted by Crippen LogP contribution is 2.13. The van der Waals surface area contributed by atoms with Crippen LogP contribution < -0.4 is 5.32 Å². The van der Waals surface area contributed by atoms with Crippen LogP contribution >= 0.6 is 0 Å². The zero-order chi connectivity index (χ0) is 29.4. The second kappa shape index (κ2) is 32.4. The molecule has 0 spiro atoms. The minimum atomic E-state index is -0.837. The first-order valence-corrected chi connectivity index (χ1v) is 17.6. The molecule has 0 radical (unpaired) electrons. The number of unbranched alkanes of at least 4 members (excludes halogenated alkanes) is 22. The van der Waals surface area contributed by atoms with Gasteiger partial charge in [-0.1, -0.05) is 154 Å². The molecule has 4 heteroatoms. The van der Waals surface area contributed by atoms with Gasteiger partial charge in [-0.05, 0) is 44.9 Å². The lowest BCUT2D eigenvalue weighted by Crippen LogP contribution is -2.45. The van der Waals surface area contributed by atoms with Crippen LogP contribution in [0.15, 0.2) is 24.3 Å². The average molecular weight is 564 g/mol. The van der Waals surface area contributed by atoms with Crippen molar-refractivity contribution >= 4 is 5.91 Å². The van der Waals surface area contributed by atoms with Crippen LogP contribution in [0.1, 0.15) is 181 Å². The molecule has 236 valence electrons. The first-order chi connectivity index (χ1) is 19.7. The summed E-state index contributed by atoms with van der Waals surface area (Å²) in [7, 11) is 0. The lowest BCUT2D eigenvalue weighted by atomic mass is 10.1. The molecule has 0 aromatic rings. The number of carbonyl (C=O) groups excluding carboxylic acids is 1. The summed E-state index contributed by atoms with van der Waals surface area (Å²) in [6.45, 7) is 4.28. The number of nitrogens with one attached hydrogen (secondary N) is 1. The van der Waals surface area contributed by atoms with E-state index in [-0.39, 0.29) is 12.5 Å². The third kappa shape index (κ3) is 28.4. The summed E-state index contributed by atoms with van der Waals surface area (Å²) in [5, 5.41) is 22.8. The van der Waals surface area contributed by atoms with E-state index in [1.807, 2.05) is 6.08 Å². The van der Waals surface area contributed by atoms with Crippen molar-refractivity contribution < 1.29 is 15.0 Å². The fraction of sp³-hybridized carbons (Fsp3) is 0.861. The topological polar surface area (TPSA) is 69.6 Å². The normalized spacial score (nSPS) is 13.4. The Balaban J connectivity index is 3.65. The molecule has 0 heterocycles. The van der Waals surface area contributed by atoms with Crippen LogP contribution in [0.4, 0.5) is 0 Å². The third-order valence-corrected chi connectivity index (χ3v) is 7.93. The van der Waals surface area contributed by atoms with Gasteiger partial charge in [0.2, 0.25) is 5.91 Å². The molecule has 0 bridgehead atoms. The quantitative estimate of drug-likeness (QED) is 0.0580. The van der Waals surface area contributed by atoms with Gasteiger partial charge in [-0.15, -0.1) is 0 Å². The van der Waals surface area contributed by atoms with Crippen LogP contribution in [0, 0.1) is 0 Å². The molecule has 2 unspecified atom stereocenters. The molecule has 0 aromatic heterocycles. The van der Waals surface area contributed by atoms with Crippen molar-refractivity contribution in [2.45, 2.75) is 193 Å². The van der Waals surface area contributed by atoms with Crippen LogP contribution in [-0.4, -0.2) is 34.9 Å². The second-order valence-corrected chi connectivity index (χ2v) is 11.9. The molecule has 0 fully saturated rings. The molecule has 0 rings (SSSR count). The SMILES string of the molecule is CCCCCCCCC/C=C\CCCCCCCC(=O)NC(CO)C(O)/C=C/CCCCCCCCCCCC. The van der Waals surface area contributed by atoms with E-state index < -0.39 is 12.1 Å². The van der Waals surface area contributed by atoms with Gasteiger partial charge in [0.25, 0.3) is 0 Å². The Labute approximate surface area is 249 Å². The van der Waals surface area contributed by atoms with Gasteiger partial charge in [-0.25, -0.2) is 0 Å². The minimum Gasteiger partial charge on any atom is -0.394 e. The molecule has 0 aliphatic heterocycles. The maximum atomic E-state index is 12.3. The molecule has 0 saturated heterocycles. The minimum absolute atomic E-state index is 0.0745. The predicted octanol–water partition coefficient (Wildman–Crippen LogP) is 10.1. The Kier molecular flexibility index (Phi) is 31.5. The fourth-order valence-electron chi connectivity index (χ4n) is 5.17. The van der Waals surface area contributed by atoms with Gasteiger partial charge in [-0.2, -0.15) is 0 Å². The second-order valence-electron chi connectivity index (χ2n) is 11.9. The Bertz CT molecular complexity index is 574. The van der Waals surface area contributed by atoms with E-state index in [0.717, 1.165) is 32.1 Å². The van der Waals surface area contributed by atoms with E-state index in [1.54, 1.807) is 6.08 Å². The molecule has 4 nitrogen and oxygen atoms in total. The van der Waals surface area contributed by atoms with Gasteiger partial charge in [0, 0.05) is 6.42 Å². The number of amides is 1. The van der Waals surface area contributed by atoms with Crippen LogP contribution in [0.3, 0.4) is 0 Å². The number of allylic oxidation sites excluding steroid dienone is 3. The molecule has 40 heavy (non-hydrogen) atoms. The van der Waals surface area contributed by atoms with Crippen molar-refractivity contribution in [2.24, 2.45) is 0 Å². The standard InChI is InChI=1S/C36H69NO3/c1-3-5-7-9-11-13-15-17-18-19-20-22-24-26-28-30-32-36(40)37-34(33-38)35(39)31-29-27-25-23-21-16-14-12-10-8-6-4-2/h18-19,29,31,34-35,38-39H,3-17,20-28,30,32-33H2,1-2H3,(H,37,40)/b19-18-,31-29+. The van der Waals surface area contributed by atoms with E-state index in [0.29, 0.717) is 6.42 Å². The molecule has 0 aromatic carbocycles. The Morgan fingerprint density at radius 2 is 0.950 bits per heavy atom. The maximum absolute atomic E-state index is 12.3. The third-order valence-electron chi connectivity index (χ3n) is 7.93. The lowest BCUT2D eigenvalue weighted by Gasteiger charge is -2.20. The number of hydrogen-bond donors (Lipinski definition) is 3. The fourth-order valence-corrected chi connectivity index (χ4v) is 5.17. The average Bonchev–Trinajstić information content (AvgIpc) is 2.96. The summed E-state index contributed by atoms with van der Waals surface area (Å²) in [6.07, 6.45) is 39.7. The van der Waals surface area contributed by atoms with Crippen molar-refractivity contribution in [3.8, 4) is 0 Å². The summed E-state index contributed by atoms with van der Waals surface area (Å²) in [5.41, 5.74) is 0. The summed E-state index contributed by atoms with van der Waals surface area (Å²) in [5.74, 6) is -0.0745. The van der Waals surface area contributed by atoms with Crippen molar-refractivity contribution in [3.05, 3.63) is 24.3 Å². The molecular weight excluding hydrogens is 494 g/mol. The van der Waals surface area contributed by atoms with Gasteiger partial charge in [-0.3, -0.25) is 4.79 Å². The van der Waals surface area contributed by atoms with E-state index >= 15 is 0 Å². The first-order valence-electron chi connectivity index (χ1n) is 17.6. The summed E-state index contributed by atoms with van der Waals surface area (Å²) in [6, 6.07) is -0.621. The number of rotatable bonds is 31. The summed E-state index contributed by atoms with van der Waals surface area (Å²) in [4.78, 5) is 12.3. The van der Waals surface area contributed by atoms with Crippen molar-refractivity contribution in [3.63, 3.8) is 0 Å². The molecule has 3 N–H and O–H groups in total. The number of aliphatic hydroxyl groups excluding tert-OH is 2. The zero-order valence-corrected chi connectivity index (χ0v) is 26.9. The van der Waals surface area contributed by atoms with Crippen molar-refractivity contribution in [2.75, 3.05) is 6.61 Å². The van der Waals surface area contributed by atoms with Crippen LogP contribution in [0.5, 0.6) is 0 Å². The monoisotopic (exact) mass is 564 g/mol. The lowest BCUT2D eigenvalue weighted by molar-refractivity contribution is -0.123. The van der Waals surface area contributed by atoms with Crippen molar-refractivity contribution in [1.82, 2.24) is 5.32 Å². The molecule has 0 saturated carbocycles. The van der Waals surface area contributed by atoms with Gasteiger partial charge in [0.1, 0.15) is 0 Å². The van der Waals surface area contributed by atoms with Crippen LogP contribution in [0.25, 0.3) is 0 Å². The first kappa shape index (κ1) is 38.9. The molecular formula is C36H69NO3. The number of hydrogen-bond acceptors (Lipinski definition) is 3. The van der Waals surface area contributed by atoms with E-state index in [4.69, 9.17) is 0 Å². The maximum Gasteiger partial charge on any atom is 0.220 e. The highest BCUT2D eigenvalue weighted by molar-refractivity contribution is 5.76.